The van der Waals surface area contributed by atoms with Gasteiger partial charge in [0.2, 0.25) is 0 Å². The van der Waals surface area contributed by atoms with Gasteiger partial charge in [0.1, 0.15) is 6.29 Å². The normalized spacial score (nSPS) is 12.1. The third-order valence-corrected chi connectivity index (χ3v) is 2.70. The lowest BCUT2D eigenvalue weighted by molar-refractivity contribution is -0.108. The van der Waals surface area contributed by atoms with Crippen molar-refractivity contribution in [3.63, 3.8) is 0 Å². The number of aromatic nitrogens is 1. The van der Waals surface area contributed by atoms with Crippen molar-refractivity contribution in [3.8, 4) is 0 Å². The largest absolute Gasteiger partial charge is 0.302 e. The lowest BCUT2D eigenvalue weighted by atomic mass is 9.91. The number of hydrogen-bond acceptors (Lipinski definition) is 2. The molecule has 16 heavy (non-hydrogen) atoms. The summed E-state index contributed by atoms with van der Waals surface area (Å²) in [6.45, 7) is 2.02. The molecule has 0 amide bonds. The smallest absolute Gasteiger partial charge is 0.131 e. The van der Waals surface area contributed by atoms with Crippen molar-refractivity contribution in [2.75, 3.05) is 0 Å². The van der Waals surface area contributed by atoms with E-state index in [9.17, 15) is 4.79 Å². The van der Waals surface area contributed by atoms with E-state index in [-0.39, 0.29) is 5.92 Å². The Balaban J connectivity index is 2.45. The molecule has 1 atom stereocenters. The van der Waals surface area contributed by atoms with E-state index in [1.165, 1.54) is 0 Å². The third-order valence-electron chi connectivity index (χ3n) is 2.70. The highest BCUT2D eigenvalue weighted by atomic mass is 16.1. The first-order chi connectivity index (χ1) is 7.83. The molecule has 0 aliphatic heterocycles. The number of rotatable bonds is 3. The fraction of sp³-hybridized carbons (Fsp3) is 0.143. The molecule has 0 N–H and O–H groups in total. The second-order valence-electron chi connectivity index (χ2n) is 3.76. The van der Waals surface area contributed by atoms with Crippen LogP contribution in [0.4, 0.5) is 0 Å². The fourth-order valence-electron chi connectivity index (χ4n) is 1.83. The van der Waals surface area contributed by atoms with E-state index in [4.69, 9.17) is 0 Å². The Labute approximate surface area is 95.0 Å². The number of aldehydes is 1. The molecule has 1 aromatic heterocycles. The van der Waals surface area contributed by atoms with Crippen LogP contribution < -0.4 is 0 Å². The Morgan fingerprint density at radius 3 is 2.62 bits per heavy atom. The zero-order chi connectivity index (χ0) is 11.4. The fourth-order valence-corrected chi connectivity index (χ4v) is 1.83. The van der Waals surface area contributed by atoms with Gasteiger partial charge in [-0.3, -0.25) is 4.98 Å². The molecule has 1 heterocycles. The SMILES string of the molecule is Cc1ccccc1C(C=O)c1cccnc1. The highest BCUT2D eigenvalue weighted by molar-refractivity contribution is 5.68. The van der Waals surface area contributed by atoms with Crippen LogP contribution in [0.25, 0.3) is 0 Å². The Bertz CT molecular complexity index is 479. The third kappa shape index (κ3) is 2.01. The summed E-state index contributed by atoms with van der Waals surface area (Å²) >= 11 is 0. The molecule has 0 fully saturated rings. The Morgan fingerprint density at radius 1 is 1.19 bits per heavy atom. The molecule has 1 unspecified atom stereocenters. The summed E-state index contributed by atoms with van der Waals surface area (Å²) in [4.78, 5) is 15.3. The van der Waals surface area contributed by atoms with Crippen molar-refractivity contribution < 1.29 is 4.79 Å². The van der Waals surface area contributed by atoms with Crippen LogP contribution in [0.5, 0.6) is 0 Å². The predicted octanol–water partition coefficient (Wildman–Crippen LogP) is 2.72. The van der Waals surface area contributed by atoms with E-state index in [1.54, 1.807) is 12.4 Å². The molecule has 0 saturated heterocycles. The van der Waals surface area contributed by atoms with Gasteiger partial charge in [0.15, 0.2) is 0 Å². The van der Waals surface area contributed by atoms with E-state index in [2.05, 4.69) is 4.98 Å². The van der Waals surface area contributed by atoms with Gasteiger partial charge in [-0.25, -0.2) is 0 Å². The first-order valence-electron chi connectivity index (χ1n) is 5.23. The molecule has 2 rings (SSSR count). The molecule has 0 aliphatic carbocycles. The van der Waals surface area contributed by atoms with Crippen molar-refractivity contribution >= 4 is 6.29 Å². The van der Waals surface area contributed by atoms with Gasteiger partial charge in [-0.2, -0.15) is 0 Å². The highest BCUT2D eigenvalue weighted by Crippen LogP contribution is 2.24. The predicted molar refractivity (Wildman–Crippen MR) is 63.3 cm³/mol. The van der Waals surface area contributed by atoms with Gasteiger partial charge in [-0.15, -0.1) is 0 Å². The lowest BCUT2D eigenvalue weighted by Crippen LogP contribution is -2.04. The molecule has 2 nitrogen and oxygen atoms in total. The van der Waals surface area contributed by atoms with E-state index in [0.717, 1.165) is 23.0 Å². The molecular formula is C14H13NO. The average molecular weight is 211 g/mol. The highest BCUT2D eigenvalue weighted by Gasteiger charge is 2.14. The zero-order valence-electron chi connectivity index (χ0n) is 9.13. The van der Waals surface area contributed by atoms with E-state index in [1.807, 2.05) is 43.3 Å². The maximum absolute atomic E-state index is 11.2. The van der Waals surface area contributed by atoms with Crippen LogP contribution in [-0.4, -0.2) is 11.3 Å². The molecule has 80 valence electrons. The lowest BCUT2D eigenvalue weighted by Gasteiger charge is -2.13. The van der Waals surface area contributed by atoms with Crippen LogP contribution in [-0.2, 0) is 4.79 Å². The van der Waals surface area contributed by atoms with Crippen molar-refractivity contribution in [1.82, 2.24) is 4.98 Å². The molecule has 2 heteroatoms. The minimum absolute atomic E-state index is 0.213. The minimum Gasteiger partial charge on any atom is -0.302 e. The van der Waals surface area contributed by atoms with Crippen LogP contribution >= 0.6 is 0 Å². The van der Waals surface area contributed by atoms with Crippen molar-refractivity contribution in [2.24, 2.45) is 0 Å². The maximum Gasteiger partial charge on any atom is 0.131 e. The van der Waals surface area contributed by atoms with Crippen LogP contribution in [0.1, 0.15) is 22.6 Å². The molecule has 0 saturated carbocycles. The monoisotopic (exact) mass is 211 g/mol. The molecule has 0 bridgehead atoms. The molecule has 0 spiro atoms. The molecule has 0 aliphatic rings. The first kappa shape index (κ1) is 10.6. The van der Waals surface area contributed by atoms with Crippen LogP contribution in [0.3, 0.4) is 0 Å². The van der Waals surface area contributed by atoms with Gasteiger partial charge in [0.05, 0.1) is 5.92 Å². The van der Waals surface area contributed by atoms with Crippen molar-refractivity contribution in [3.05, 3.63) is 65.5 Å². The van der Waals surface area contributed by atoms with Gasteiger partial charge in [0.25, 0.3) is 0 Å². The van der Waals surface area contributed by atoms with Crippen molar-refractivity contribution in [1.29, 1.82) is 0 Å². The van der Waals surface area contributed by atoms with Crippen LogP contribution in [0.2, 0.25) is 0 Å². The van der Waals surface area contributed by atoms with E-state index in [0.29, 0.717) is 0 Å². The summed E-state index contributed by atoms with van der Waals surface area (Å²) in [6, 6.07) is 11.7. The average Bonchev–Trinajstić information content (AvgIpc) is 2.34. The molecule has 2 aromatic rings. The summed E-state index contributed by atoms with van der Waals surface area (Å²) in [6.07, 6.45) is 4.42. The summed E-state index contributed by atoms with van der Waals surface area (Å²) < 4.78 is 0. The zero-order valence-corrected chi connectivity index (χ0v) is 9.13. The summed E-state index contributed by atoms with van der Waals surface area (Å²) in [7, 11) is 0. The quantitative estimate of drug-likeness (QED) is 0.731. The number of carbonyl (C=O) groups excluding carboxylic acids is 1. The van der Waals surface area contributed by atoms with E-state index < -0.39 is 0 Å². The van der Waals surface area contributed by atoms with Crippen LogP contribution in [0, 0.1) is 6.92 Å². The standard InChI is InChI=1S/C14H13NO/c1-11-5-2-3-7-13(11)14(10-16)12-6-4-8-15-9-12/h2-10,14H,1H3. The molecule has 0 radical (unpaired) electrons. The van der Waals surface area contributed by atoms with Gasteiger partial charge >= 0.3 is 0 Å². The Kier molecular flexibility index (Phi) is 3.10. The van der Waals surface area contributed by atoms with Gasteiger partial charge in [0, 0.05) is 12.4 Å². The Hall–Kier alpha value is -1.96. The second-order valence-corrected chi connectivity index (χ2v) is 3.76. The van der Waals surface area contributed by atoms with Gasteiger partial charge in [-0.05, 0) is 29.7 Å². The number of hydrogen-bond donors (Lipinski definition) is 0. The summed E-state index contributed by atoms with van der Waals surface area (Å²) in [5.41, 5.74) is 3.11. The number of pyridine rings is 1. The Morgan fingerprint density at radius 2 is 2.00 bits per heavy atom. The number of benzene rings is 1. The summed E-state index contributed by atoms with van der Waals surface area (Å²) in [5.74, 6) is -0.213. The number of nitrogens with zero attached hydrogens (tertiary/aromatic N) is 1. The van der Waals surface area contributed by atoms with Gasteiger partial charge in [-0.1, -0.05) is 30.3 Å². The number of aryl methyl sites for hydroxylation is 1. The maximum atomic E-state index is 11.2. The first-order valence-corrected chi connectivity index (χ1v) is 5.23. The second kappa shape index (κ2) is 4.71. The molecule has 1 aromatic carbocycles. The topological polar surface area (TPSA) is 30.0 Å². The van der Waals surface area contributed by atoms with Crippen LogP contribution in [0.15, 0.2) is 48.8 Å². The summed E-state index contributed by atoms with van der Waals surface area (Å²) in [5, 5.41) is 0. The van der Waals surface area contributed by atoms with Crippen molar-refractivity contribution in [2.45, 2.75) is 12.8 Å². The molecular weight excluding hydrogens is 198 g/mol. The van der Waals surface area contributed by atoms with E-state index >= 15 is 0 Å². The van der Waals surface area contributed by atoms with Gasteiger partial charge < -0.3 is 4.79 Å². The number of carbonyl (C=O) groups is 1. The minimum atomic E-state index is -0.213.